The van der Waals surface area contributed by atoms with E-state index in [-0.39, 0.29) is 23.8 Å². The van der Waals surface area contributed by atoms with Crippen molar-refractivity contribution in [2.45, 2.75) is 44.7 Å². The molecule has 0 aromatic heterocycles. The monoisotopic (exact) mass is 583 g/mol. The zero-order valence-corrected chi connectivity index (χ0v) is 25.1. The molecule has 0 fully saturated rings. The molecule has 0 heterocycles. The Morgan fingerprint density at radius 1 is 0.786 bits per heavy atom. The second kappa shape index (κ2) is 14.0. The minimum atomic E-state index is -4.11. The summed E-state index contributed by atoms with van der Waals surface area (Å²) in [7, 11) is -4.11. The van der Waals surface area contributed by atoms with Crippen molar-refractivity contribution < 1.29 is 18.0 Å². The Morgan fingerprint density at radius 3 is 2.00 bits per heavy atom. The number of para-hydroxylation sites is 1. The van der Waals surface area contributed by atoms with E-state index in [0.29, 0.717) is 12.2 Å². The third-order valence-corrected chi connectivity index (χ3v) is 8.94. The molecule has 0 aliphatic rings. The van der Waals surface area contributed by atoms with Crippen molar-refractivity contribution in [2.75, 3.05) is 17.4 Å². The highest BCUT2D eigenvalue weighted by molar-refractivity contribution is 7.92. The highest BCUT2D eigenvalue weighted by atomic mass is 32.2. The van der Waals surface area contributed by atoms with Gasteiger partial charge in [-0.05, 0) is 61.7 Å². The first-order chi connectivity index (χ1) is 20.2. The minimum absolute atomic E-state index is 0.0831. The fourth-order valence-electron chi connectivity index (χ4n) is 4.78. The molecular weight excluding hydrogens is 546 g/mol. The molecule has 0 bridgehead atoms. The lowest BCUT2D eigenvalue weighted by Crippen LogP contribution is -2.53. The molecule has 7 nitrogen and oxygen atoms in total. The maximum Gasteiger partial charge on any atom is 0.264 e. The molecule has 218 valence electrons. The average molecular weight is 584 g/mol. The number of sulfonamides is 1. The number of carbonyl (C=O) groups excluding carboxylic acids is 2. The van der Waals surface area contributed by atoms with Crippen LogP contribution in [0, 0.1) is 13.8 Å². The van der Waals surface area contributed by atoms with Gasteiger partial charge >= 0.3 is 0 Å². The number of hydrogen-bond acceptors (Lipinski definition) is 4. The van der Waals surface area contributed by atoms with E-state index < -0.39 is 28.5 Å². The number of rotatable bonds is 12. The molecule has 4 aromatic carbocycles. The first-order valence-corrected chi connectivity index (χ1v) is 15.4. The van der Waals surface area contributed by atoms with Crippen molar-refractivity contribution in [3.63, 3.8) is 0 Å². The Bertz CT molecular complexity index is 1590. The van der Waals surface area contributed by atoms with E-state index in [0.717, 1.165) is 26.6 Å². The SMILES string of the molecule is CCNC(=O)C(Cc1ccccc1)N(Cc1ccccc1C)C(=O)CN(c1ccccc1)S(=O)(=O)c1ccc(C)cc1. The summed E-state index contributed by atoms with van der Waals surface area (Å²) in [6.45, 7) is 5.73. The number of benzene rings is 4. The standard InChI is InChI=1S/C34H37N3O4S/c1-4-35-34(39)32(23-28-14-7-5-8-15-28)36(24-29-16-12-11-13-27(29)3)33(38)25-37(30-17-9-6-10-18-30)42(40,41)31-21-19-26(2)20-22-31/h5-22,32H,4,23-25H2,1-3H3,(H,35,39). The zero-order chi connectivity index (χ0) is 30.1. The molecule has 0 saturated carbocycles. The van der Waals surface area contributed by atoms with Gasteiger partial charge < -0.3 is 10.2 Å². The van der Waals surface area contributed by atoms with Crippen LogP contribution in [0.4, 0.5) is 5.69 Å². The number of nitrogens with zero attached hydrogens (tertiary/aromatic N) is 2. The Morgan fingerprint density at radius 2 is 1.38 bits per heavy atom. The van der Waals surface area contributed by atoms with Crippen LogP contribution < -0.4 is 9.62 Å². The molecular formula is C34H37N3O4S. The summed E-state index contributed by atoms with van der Waals surface area (Å²) in [4.78, 5) is 29.5. The molecule has 2 amide bonds. The lowest BCUT2D eigenvalue weighted by Gasteiger charge is -2.34. The van der Waals surface area contributed by atoms with Gasteiger partial charge in [-0.2, -0.15) is 0 Å². The minimum Gasteiger partial charge on any atom is -0.355 e. The summed E-state index contributed by atoms with van der Waals surface area (Å²) >= 11 is 0. The highest BCUT2D eigenvalue weighted by Crippen LogP contribution is 2.25. The third kappa shape index (κ3) is 7.44. The first-order valence-electron chi connectivity index (χ1n) is 14.0. The summed E-state index contributed by atoms with van der Waals surface area (Å²) < 4.78 is 29.1. The molecule has 0 radical (unpaired) electrons. The van der Waals surface area contributed by atoms with Crippen LogP contribution in [0.5, 0.6) is 0 Å². The van der Waals surface area contributed by atoms with Crippen LogP contribution in [0.1, 0.15) is 29.2 Å². The summed E-state index contributed by atoms with van der Waals surface area (Å²) in [5.41, 5.74) is 4.02. The predicted molar refractivity (Wildman–Crippen MR) is 166 cm³/mol. The molecule has 1 atom stereocenters. The van der Waals surface area contributed by atoms with Crippen LogP contribution in [0.3, 0.4) is 0 Å². The number of anilines is 1. The van der Waals surface area contributed by atoms with E-state index in [9.17, 15) is 18.0 Å². The summed E-state index contributed by atoms with van der Waals surface area (Å²) in [6, 6.07) is 31.5. The Labute approximate surface area is 248 Å². The van der Waals surface area contributed by atoms with E-state index in [1.165, 1.54) is 4.90 Å². The van der Waals surface area contributed by atoms with Gasteiger partial charge in [-0.1, -0.05) is 90.5 Å². The van der Waals surface area contributed by atoms with E-state index in [1.807, 2.05) is 75.4 Å². The van der Waals surface area contributed by atoms with Crippen LogP contribution in [0.25, 0.3) is 0 Å². The molecule has 4 rings (SSSR count). The number of aryl methyl sites for hydroxylation is 2. The zero-order valence-electron chi connectivity index (χ0n) is 24.2. The smallest absolute Gasteiger partial charge is 0.264 e. The number of amides is 2. The van der Waals surface area contributed by atoms with Gasteiger partial charge in [0, 0.05) is 19.5 Å². The quantitative estimate of drug-likeness (QED) is 0.246. The molecule has 1 unspecified atom stereocenters. The van der Waals surface area contributed by atoms with Crippen molar-refractivity contribution in [3.05, 3.63) is 131 Å². The van der Waals surface area contributed by atoms with Crippen LogP contribution in [0.15, 0.2) is 114 Å². The molecule has 8 heteroatoms. The highest BCUT2D eigenvalue weighted by Gasteiger charge is 2.34. The van der Waals surface area contributed by atoms with Crippen LogP contribution in [-0.4, -0.2) is 44.3 Å². The van der Waals surface area contributed by atoms with E-state index in [1.54, 1.807) is 54.6 Å². The fourth-order valence-corrected chi connectivity index (χ4v) is 6.19. The molecule has 0 saturated heterocycles. The van der Waals surface area contributed by atoms with E-state index in [4.69, 9.17) is 0 Å². The van der Waals surface area contributed by atoms with Crippen LogP contribution >= 0.6 is 0 Å². The van der Waals surface area contributed by atoms with Gasteiger partial charge in [-0.3, -0.25) is 13.9 Å². The van der Waals surface area contributed by atoms with Gasteiger partial charge in [0.2, 0.25) is 11.8 Å². The van der Waals surface area contributed by atoms with E-state index in [2.05, 4.69) is 5.32 Å². The molecule has 0 aliphatic heterocycles. The van der Waals surface area contributed by atoms with Gasteiger partial charge in [0.15, 0.2) is 0 Å². The Balaban J connectivity index is 1.78. The van der Waals surface area contributed by atoms with Crippen molar-refractivity contribution in [3.8, 4) is 0 Å². The first kappa shape index (κ1) is 30.5. The van der Waals surface area contributed by atoms with Crippen LogP contribution in [0.2, 0.25) is 0 Å². The summed E-state index contributed by atoms with van der Waals surface area (Å²) in [5, 5.41) is 2.88. The largest absolute Gasteiger partial charge is 0.355 e. The summed E-state index contributed by atoms with van der Waals surface area (Å²) in [5.74, 6) is -0.777. The maximum atomic E-state index is 14.4. The molecule has 1 N–H and O–H groups in total. The molecule has 4 aromatic rings. The topological polar surface area (TPSA) is 86.8 Å². The van der Waals surface area contributed by atoms with Crippen molar-refractivity contribution in [1.29, 1.82) is 0 Å². The van der Waals surface area contributed by atoms with Gasteiger partial charge in [-0.25, -0.2) is 8.42 Å². The van der Waals surface area contributed by atoms with E-state index >= 15 is 0 Å². The second-order valence-electron chi connectivity index (χ2n) is 10.2. The number of likely N-dealkylation sites (N-methyl/N-ethyl adjacent to an activating group) is 1. The molecule has 0 aliphatic carbocycles. The van der Waals surface area contributed by atoms with Gasteiger partial charge in [0.05, 0.1) is 10.6 Å². The second-order valence-corrected chi connectivity index (χ2v) is 12.1. The number of carbonyl (C=O) groups is 2. The van der Waals surface area contributed by atoms with Gasteiger partial charge in [0.25, 0.3) is 10.0 Å². The average Bonchev–Trinajstić information content (AvgIpc) is 2.99. The Hall–Kier alpha value is -4.43. The Kier molecular flexibility index (Phi) is 10.1. The lowest BCUT2D eigenvalue weighted by atomic mass is 10.0. The van der Waals surface area contributed by atoms with Gasteiger partial charge in [0.1, 0.15) is 12.6 Å². The third-order valence-electron chi connectivity index (χ3n) is 7.16. The van der Waals surface area contributed by atoms with Crippen molar-refractivity contribution in [2.24, 2.45) is 0 Å². The number of hydrogen-bond donors (Lipinski definition) is 1. The summed E-state index contributed by atoms with van der Waals surface area (Å²) in [6.07, 6.45) is 0.278. The molecule has 0 spiro atoms. The fraction of sp³-hybridized carbons (Fsp3) is 0.235. The lowest BCUT2D eigenvalue weighted by molar-refractivity contribution is -0.140. The maximum absolute atomic E-state index is 14.4. The van der Waals surface area contributed by atoms with Crippen molar-refractivity contribution >= 4 is 27.5 Å². The number of nitrogens with one attached hydrogen (secondary N) is 1. The van der Waals surface area contributed by atoms with Gasteiger partial charge in [-0.15, -0.1) is 0 Å². The molecule has 42 heavy (non-hydrogen) atoms. The van der Waals surface area contributed by atoms with Crippen LogP contribution in [-0.2, 0) is 32.6 Å². The van der Waals surface area contributed by atoms with Crippen molar-refractivity contribution in [1.82, 2.24) is 10.2 Å². The normalized spacial score (nSPS) is 11.9. The predicted octanol–water partition coefficient (Wildman–Crippen LogP) is 5.27.